The van der Waals surface area contributed by atoms with E-state index in [1.807, 2.05) is 35.2 Å². The Kier molecular flexibility index (Phi) is 5.39. The van der Waals surface area contributed by atoms with Crippen LogP contribution in [0.1, 0.15) is 24.0 Å². The number of nitrogens with zero attached hydrogens (tertiary/aromatic N) is 2. The summed E-state index contributed by atoms with van der Waals surface area (Å²) < 4.78 is 0. The van der Waals surface area contributed by atoms with Gasteiger partial charge in [-0.25, -0.2) is 4.79 Å². The van der Waals surface area contributed by atoms with Gasteiger partial charge in [0.15, 0.2) is 5.78 Å². The molecule has 2 aromatic rings. The van der Waals surface area contributed by atoms with Gasteiger partial charge in [0, 0.05) is 48.1 Å². The predicted octanol–water partition coefficient (Wildman–Crippen LogP) is 2.98. The van der Waals surface area contributed by atoms with E-state index in [1.54, 1.807) is 13.0 Å². The summed E-state index contributed by atoms with van der Waals surface area (Å²) in [6, 6.07) is 15.6. The molecule has 2 N–H and O–H groups in total. The van der Waals surface area contributed by atoms with Crippen LogP contribution in [0.25, 0.3) is 0 Å². The summed E-state index contributed by atoms with van der Waals surface area (Å²) in [5.41, 5.74) is 2.82. The third kappa shape index (κ3) is 3.97. The number of nitrogens with one attached hydrogen (secondary N) is 1. The molecule has 0 radical (unpaired) electrons. The van der Waals surface area contributed by atoms with Gasteiger partial charge in [0.05, 0.1) is 17.0 Å². The Labute approximate surface area is 178 Å². The number of hydrogen-bond acceptors (Lipinski definition) is 6. The van der Waals surface area contributed by atoms with Crippen LogP contribution in [-0.4, -0.2) is 39.8 Å². The number of rotatable bonds is 5. The van der Waals surface area contributed by atoms with Crippen LogP contribution in [0.15, 0.2) is 77.1 Å². The van der Waals surface area contributed by atoms with Gasteiger partial charge in [-0.3, -0.25) is 19.8 Å². The molecule has 2 aliphatic rings. The van der Waals surface area contributed by atoms with Gasteiger partial charge >= 0.3 is 5.97 Å². The van der Waals surface area contributed by atoms with Crippen LogP contribution in [0.3, 0.4) is 0 Å². The molecule has 1 unspecified atom stereocenters. The summed E-state index contributed by atoms with van der Waals surface area (Å²) in [6.45, 7) is 2.83. The molecule has 4 rings (SSSR count). The highest BCUT2D eigenvalue weighted by Crippen LogP contribution is 2.41. The number of non-ortho nitro benzene ring substituents is 1. The molecular formula is C23H21N3O5. The monoisotopic (exact) mass is 419 g/mol. The SMILES string of the molecule is CC1=C(C(=O)O)C(c2cccc([N+](=O)[O-])c2)C2=C(CN(Cc3ccccc3)CC2=O)N1. The molecule has 2 aromatic carbocycles. The summed E-state index contributed by atoms with van der Waals surface area (Å²) in [5, 5.41) is 24.2. The second-order valence-corrected chi connectivity index (χ2v) is 7.70. The van der Waals surface area contributed by atoms with Crippen molar-refractivity contribution in [3.63, 3.8) is 0 Å². The van der Waals surface area contributed by atoms with Gasteiger partial charge in [-0.05, 0) is 18.1 Å². The van der Waals surface area contributed by atoms with Crippen LogP contribution in [0.4, 0.5) is 5.69 Å². The van der Waals surface area contributed by atoms with E-state index in [4.69, 9.17) is 0 Å². The largest absolute Gasteiger partial charge is 0.478 e. The quantitative estimate of drug-likeness (QED) is 0.566. The Hall–Kier alpha value is -3.78. The van der Waals surface area contributed by atoms with E-state index in [9.17, 15) is 24.8 Å². The number of nitro benzene ring substituents is 1. The molecule has 31 heavy (non-hydrogen) atoms. The summed E-state index contributed by atoms with van der Waals surface area (Å²) in [7, 11) is 0. The number of hydrogen-bond donors (Lipinski definition) is 2. The van der Waals surface area contributed by atoms with E-state index in [-0.39, 0.29) is 23.6 Å². The van der Waals surface area contributed by atoms with E-state index >= 15 is 0 Å². The third-order valence-electron chi connectivity index (χ3n) is 5.59. The molecule has 2 heterocycles. The maximum absolute atomic E-state index is 13.2. The number of carboxylic acid groups (broad SMARTS) is 1. The van der Waals surface area contributed by atoms with Crippen molar-refractivity contribution in [2.45, 2.75) is 19.4 Å². The van der Waals surface area contributed by atoms with Gasteiger partial charge in [-0.2, -0.15) is 0 Å². The predicted molar refractivity (Wildman–Crippen MR) is 113 cm³/mol. The number of nitro groups is 1. The highest BCUT2D eigenvalue weighted by molar-refractivity contribution is 6.04. The standard InChI is InChI=1S/C23H21N3O5/c1-14-20(23(28)29)21(16-8-5-9-17(10-16)26(30)31)22-18(24-14)12-25(13-19(22)27)11-15-6-3-2-4-7-15/h2-10,21,24H,11-13H2,1H3,(H,28,29). The topological polar surface area (TPSA) is 113 Å². The summed E-state index contributed by atoms with van der Waals surface area (Å²) >= 11 is 0. The first-order chi connectivity index (χ1) is 14.8. The van der Waals surface area contributed by atoms with Crippen molar-refractivity contribution in [1.82, 2.24) is 10.2 Å². The molecule has 0 fully saturated rings. The maximum Gasteiger partial charge on any atom is 0.334 e. The van der Waals surface area contributed by atoms with Crippen molar-refractivity contribution in [2.24, 2.45) is 0 Å². The van der Waals surface area contributed by atoms with E-state index in [0.717, 1.165) is 5.56 Å². The number of benzene rings is 2. The fraction of sp³-hybridized carbons (Fsp3) is 0.217. The molecule has 2 aliphatic heterocycles. The van der Waals surface area contributed by atoms with Crippen molar-refractivity contribution in [3.8, 4) is 0 Å². The number of carbonyl (C=O) groups is 2. The summed E-state index contributed by atoms with van der Waals surface area (Å²) in [4.78, 5) is 38.0. The summed E-state index contributed by atoms with van der Waals surface area (Å²) in [6.07, 6.45) is 0. The summed E-state index contributed by atoms with van der Waals surface area (Å²) in [5.74, 6) is -2.21. The Morgan fingerprint density at radius 1 is 1.19 bits per heavy atom. The molecule has 0 spiro atoms. The minimum Gasteiger partial charge on any atom is -0.478 e. The molecular weight excluding hydrogens is 398 g/mol. The molecule has 1 atom stereocenters. The number of aliphatic carboxylic acids is 1. The Morgan fingerprint density at radius 2 is 1.94 bits per heavy atom. The minimum atomic E-state index is -1.16. The minimum absolute atomic E-state index is 0.0316. The van der Waals surface area contributed by atoms with Crippen LogP contribution < -0.4 is 5.32 Å². The second-order valence-electron chi connectivity index (χ2n) is 7.70. The lowest BCUT2D eigenvalue weighted by Gasteiger charge is -2.37. The first-order valence-corrected chi connectivity index (χ1v) is 9.83. The van der Waals surface area contributed by atoms with Crippen molar-refractivity contribution < 1.29 is 19.6 Å². The lowest BCUT2D eigenvalue weighted by atomic mass is 9.77. The van der Waals surface area contributed by atoms with E-state index < -0.39 is 16.8 Å². The molecule has 8 nitrogen and oxygen atoms in total. The molecule has 0 aromatic heterocycles. The van der Waals surface area contributed by atoms with Crippen molar-refractivity contribution >= 4 is 17.4 Å². The highest BCUT2D eigenvalue weighted by atomic mass is 16.6. The van der Waals surface area contributed by atoms with Gasteiger partial charge in [0.2, 0.25) is 0 Å². The normalized spacial score (nSPS) is 19.1. The first kappa shape index (κ1) is 20.5. The number of ketones is 1. The number of Topliss-reactive ketones (excluding diaryl/α,β-unsaturated/α-hetero) is 1. The highest BCUT2D eigenvalue weighted by Gasteiger charge is 2.40. The van der Waals surface area contributed by atoms with Crippen molar-refractivity contribution in [2.75, 3.05) is 13.1 Å². The number of carbonyl (C=O) groups excluding carboxylic acids is 1. The zero-order chi connectivity index (χ0) is 22.1. The third-order valence-corrected chi connectivity index (χ3v) is 5.59. The number of dihydropyridines is 1. The van der Waals surface area contributed by atoms with Crippen molar-refractivity contribution in [3.05, 3.63) is 98.4 Å². The van der Waals surface area contributed by atoms with E-state index in [1.165, 1.54) is 18.2 Å². The van der Waals surface area contributed by atoms with E-state index in [2.05, 4.69) is 5.32 Å². The molecule has 0 saturated heterocycles. The number of carboxylic acids is 1. The average Bonchev–Trinajstić information content (AvgIpc) is 2.73. The molecule has 0 saturated carbocycles. The van der Waals surface area contributed by atoms with Crippen molar-refractivity contribution in [1.29, 1.82) is 0 Å². The van der Waals surface area contributed by atoms with Gasteiger partial charge in [-0.1, -0.05) is 42.5 Å². The van der Waals surface area contributed by atoms with Gasteiger partial charge < -0.3 is 10.4 Å². The van der Waals surface area contributed by atoms with Crippen LogP contribution in [0.2, 0.25) is 0 Å². The fourth-order valence-corrected chi connectivity index (χ4v) is 4.31. The first-order valence-electron chi connectivity index (χ1n) is 9.83. The van der Waals surface area contributed by atoms with Crippen LogP contribution >= 0.6 is 0 Å². The van der Waals surface area contributed by atoms with Crippen LogP contribution in [0.5, 0.6) is 0 Å². The van der Waals surface area contributed by atoms with Crippen LogP contribution in [0, 0.1) is 10.1 Å². The molecule has 8 heteroatoms. The Morgan fingerprint density at radius 3 is 2.61 bits per heavy atom. The van der Waals surface area contributed by atoms with Crippen LogP contribution in [-0.2, 0) is 16.1 Å². The molecule has 0 aliphatic carbocycles. The smallest absolute Gasteiger partial charge is 0.334 e. The van der Waals surface area contributed by atoms with Gasteiger partial charge in [-0.15, -0.1) is 0 Å². The Balaban J connectivity index is 1.75. The lowest BCUT2D eigenvalue weighted by molar-refractivity contribution is -0.384. The fourth-order valence-electron chi connectivity index (χ4n) is 4.31. The Bertz CT molecular complexity index is 1140. The molecule has 0 bridgehead atoms. The molecule has 0 amide bonds. The average molecular weight is 419 g/mol. The van der Waals surface area contributed by atoms with Gasteiger partial charge in [0.1, 0.15) is 0 Å². The maximum atomic E-state index is 13.2. The zero-order valence-corrected chi connectivity index (χ0v) is 16.9. The lowest BCUT2D eigenvalue weighted by Crippen LogP contribution is -2.45. The number of allylic oxidation sites excluding steroid dienone is 1. The van der Waals surface area contributed by atoms with E-state index in [0.29, 0.717) is 35.6 Å². The molecule has 158 valence electrons. The second kappa shape index (κ2) is 8.16. The van der Waals surface area contributed by atoms with Gasteiger partial charge in [0.25, 0.3) is 5.69 Å². The zero-order valence-electron chi connectivity index (χ0n) is 16.9.